The number of nitrogens with one attached hydrogen (secondary N) is 2. The summed E-state index contributed by atoms with van der Waals surface area (Å²) in [6.45, 7) is 2.51. The van der Waals surface area contributed by atoms with E-state index >= 15 is 0 Å². The number of nitrogens with zero attached hydrogens (tertiary/aromatic N) is 2. The summed E-state index contributed by atoms with van der Waals surface area (Å²) in [5, 5.41) is 2.68. The van der Waals surface area contributed by atoms with Crippen molar-refractivity contribution in [3.63, 3.8) is 0 Å². The summed E-state index contributed by atoms with van der Waals surface area (Å²) in [5.41, 5.74) is 1.85. The number of para-hydroxylation sites is 2. The number of hydrogen-bond acceptors (Lipinski definition) is 4. The molecule has 0 unspecified atom stereocenters. The third kappa shape index (κ3) is 4.30. The van der Waals surface area contributed by atoms with Gasteiger partial charge in [0.05, 0.1) is 16.1 Å². The second-order valence-corrected chi connectivity index (χ2v) is 8.94. The van der Waals surface area contributed by atoms with Crippen molar-refractivity contribution in [1.82, 2.24) is 9.55 Å². The Balaban J connectivity index is 1.63. The maximum Gasteiger partial charge on any atom is 0.263 e. The topological polar surface area (TPSA) is 93.1 Å². The van der Waals surface area contributed by atoms with Gasteiger partial charge in [-0.2, -0.15) is 0 Å². The largest absolute Gasteiger partial charge is 0.310 e. The van der Waals surface area contributed by atoms with Crippen molar-refractivity contribution >= 4 is 50.2 Å². The average Bonchev–Trinajstić information content (AvgIpc) is 3.12. The van der Waals surface area contributed by atoms with Gasteiger partial charge in [-0.15, -0.1) is 0 Å². The fourth-order valence-corrected chi connectivity index (χ4v) is 4.83. The van der Waals surface area contributed by atoms with Crippen LogP contribution in [0, 0.1) is 5.82 Å². The summed E-state index contributed by atoms with van der Waals surface area (Å²) in [4.78, 5) is 17.0. The van der Waals surface area contributed by atoms with E-state index in [0.29, 0.717) is 12.5 Å². The Labute approximate surface area is 188 Å². The maximum atomic E-state index is 13.1. The third-order valence-electron chi connectivity index (χ3n) is 4.78. The number of halogens is 2. The number of hydrogen-bond donors (Lipinski definition) is 2. The van der Waals surface area contributed by atoms with Gasteiger partial charge in [-0.25, -0.2) is 17.8 Å². The van der Waals surface area contributed by atoms with Crippen molar-refractivity contribution in [3.8, 4) is 0 Å². The molecule has 4 rings (SSSR count). The number of anilines is 2. The predicted molar refractivity (Wildman–Crippen MR) is 122 cm³/mol. The van der Waals surface area contributed by atoms with Gasteiger partial charge < -0.3 is 4.57 Å². The van der Waals surface area contributed by atoms with E-state index in [1.54, 1.807) is 0 Å². The fourth-order valence-electron chi connectivity index (χ4n) is 3.24. The summed E-state index contributed by atoms with van der Waals surface area (Å²) in [6, 6.07) is 16.2. The molecule has 0 saturated carbocycles. The van der Waals surface area contributed by atoms with Gasteiger partial charge in [-0.05, 0) is 61.5 Å². The molecule has 0 bridgehead atoms. The maximum absolute atomic E-state index is 13.1. The lowest BCUT2D eigenvalue weighted by Crippen LogP contribution is -2.18. The van der Waals surface area contributed by atoms with E-state index in [1.165, 1.54) is 30.3 Å². The Morgan fingerprint density at radius 3 is 2.53 bits per heavy atom. The molecule has 1 aromatic heterocycles. The Bertz CT molecular complexity index is 1420. The van der Waals surface area contributed by atoms with E-state index in [1.807, 2.05) is 35.8 Å². The lowest BCUT2D eigenvalue weighted by Gasteiger charge is -2.12. The van der Waals surface area contributed by atoms with Crippen molar-refractivity contribution in [2.75, 3.05) is 10.0 Å². The number of fused-ring (bicyclic) bond motifs is 1. The van der Waals surface area contributed by atoms with Gasteiger partial charge >= 0.3 is 0 Å². The van der Waals surface area contributed by atoms with Crippen LogP contribution in [0.15, 0.2) is 71.6 Å². The zero-order chi connectivity index (χ0) is 22.9. The first-order chi connectivity index (χ1) is 15.3. The minimum Gasteiger partial charge on any atom is -0.310 e. The van der Waals surface area contributed by atoms with E-state index in [9.17, 15) is 17.6 Å². The molecule has 0 aliphatic heterocycles. The van der Waals surface area contributed by atoms with Gasteiger partial charge in [-0.1, -0.05) is 23.7 Å². The van der Waals surface area contributed by atoms with Crippen molar-refractivity contribution < 1.29 is 17.6 Å². The van der Waals surface area contributed by atoms with Crippen LogP contribution in [0.4, 0.5) is 16.0 Å². The van der Waals surface area contributed by atoms with Crippen LogP contribution in [0.3, 0.4) is 0 Å². The lowest BCUT2D eigenvalue weighted by molar-refractivity contribution is 0.102. The molecule has 7 nitrogen and oxygen atoms in total. The van der Waals surface area contributed by atoms with Crippen molar-refractivity contribution in [1.29, 1.82) is 0 Å². The number of amides is 1. The number of sulfonamides is 1. The highest BCUT2D eigenvalue weighted by Crippen LogP contribution is 2.26. The molecule has 0 atom stereocenters. The molecule has 0 spiro atoms. The third-order valence-corrected chi connectivity index (χ3v) is 6.64. The van der Waals surface area contributed by atoms with E-state index < -0.39 is 21.7 Å². The van der Waals surface area contributed by atoms with Gasteiger partial charge in [0.1, 0.15) is 10.7 Å². The van der Waals surface area contributed by atoms with Crippen LogP contribution in [0.1, 0.15) is 17.3 Å². The van der Waals surface area contributed by atoms with Crippen LogP contribution in [0.2, 0.25) is 5.02 Å². The molecule has 0 aliphatic carbocycles. The summed E-state index contributed by atoms with van der Waals surface area (Å²) in [7, 11) is -4.12. The smallest absolute Gasteiger partial charge is 0.263 e. The molecular weight excluding hydrogens is 455 g/mol. The Morgan fingerprint density at radius 2 is 1.81 bits per heavy atom. The summed E-state index contributed by atoms with van der Waals surface area (Å²) >= 11 is 6.11. The molecule has 0 fully saturated rings. The number of aryl methyl sites for hydroxylation is 1. The second-order valence-electron chi connectivity index (χ2n) is 6.88. The molecule has 32 heavy (non-hydrogen) atoms. The second kappa shape index (κ2) is 8.60. The van der Waals surface area contributed by atoms with Crippen LogP contribution < -0.4 is 10.0 Å². The van der Waals surface area contributed by atoms with E-state index in [2.05, 4.69) is 15.0 Å². The lowest BCUT2D eigenvalue weighted by atomic mass is 10.2. The zero-order valence-electron chi connectivity index (χ0n) is 16.8. The number of carbonyl (C=O) groups excluding carboxylic acids is 1. The van der Waals surface area contributed by atoms with Crippen molar-refractivity contribution in [3.05, 3.63) is 83.1 Å². The molecule has 0 aliphatic rings. The minimum absolute atomic E-state index is 0.0584. The fraction of sp³-hybridized carbons (Fsp3) is 0.0909. The highest BCUT2D eigenvalue weighted by atomic mass is 35.5. The Morgan fingerprint density at radius 1 is 1.09 bits per heavy atom. The van der Waals surface area contributed by atoms with E-state index in [-0.39, 0.29) is 21.2 Å². The summed E-state index contributed by atoms with van der Waals surface area (Å²) in [6.07, 6.45) is 0. The van der Waals surface area contributed by atoms with Crippen LogP contribution in [-0.4, -0.2) is 23.9 Å². The molecule has 3 aromatic carbocycles. The summed E-state index contributed by atoms with van der Waals surface area (Å²) < 4.78 is 42.9. The van der Waals surface area contributed by atoms with E-state index in [0.717, 1.165) is 23.2 Å². The number of rotatable bonds is 6. The number of imidazole rings is 1. The minimum atomic E-state index is -4.12. The van der Waals surface area contributed by atoms with Crippen molar-refractivity contribution in [2.45, 2.75) is 18.4 Å². The first kappa shape index (κ1) is 21.8. The highest BCUT2D eigenvalue weighted by molar-refractivity contribution is 7.92. The van der Waals surface area contributed by atoms with Gasteiger partial charge in [0, 0.05) is 17.8 Å². The highest BCUT2D eigenvalue weighted by Gasteiger charge is 2.21. The van der Waals surface area contributed by atoms with Crippen LogP contribution >= 0.6 is 11.6 Å². The summed E-state index contributed by atoms with van der Waals surface area (Å²) in [5.74, 6) is -0.685. The van der Waals surface area contributed by atoms with E-state index in [4.69, 9.17) is 11.6 Å². The SMILES string of the molecule is CCn1c(NC(=O)c2ccc(Cl)c(S(=O)(=O)Nc3ccc(F)cc3)c2)nc2ccccc21. The zero-order valence-corrected chi connectivity index (χ0v) is 18.4. The first-order valence-electron chi connectivity index (χ1n) is 9.63. The van der Waals surface area contributed by atoms with Crippen molar-refractivity contribution in [2.24, 2.45) is 0 Å². The Hall–Kier alpha value is -3.43. The molecular formula is C22H18ClFN4O3S. The van der Waals surface area contributed by atoms with Gasteiger partial charge in [0.2, 0.25) is 5.95 Å². The predicted octanol–water partition coefficient (Wildman–Crippen LogP) is 4.90. The molecule has 4 aromatic rings. The Kier molecular flexibility index (Phi) is 5.86. The first-order valence-corrected chi connectivity index (χ1v) is 11.5. The molecule has 1 amide bonds. The molecule has 1 heterocycles. The van der Waals surface area contributed by atoms with Gasteiger partial charge in [0.25, 0.3) is 15.9 Å². The van der Waals surface area contributed by atoms with Crippen LogP contribution in [0.25, 0.3) is 11.0 Å². The monoisotopic (exact) mass is 472 g/mol. The van der Waals surface area contributed by atoms with Crippen LogP contribution in [0.5, 0.6) is 0 Å². The van der Waals surface area contributed by atoms with Crippen LogP contribution in [-0.2, 0) is 16.6 Å². The average molecular weight is 473 g/mol. The standard InChI is InChI=1S/C22H18ClFN4O3S/c1-2-28-19-6-4-3-5-18(19)25-22(28)26-21(29)14-7-12-17(23)20(13-14)32(30,31)27-16-10-8-15(24)9-11-16/h3-13,27H,2H2,1H3,(H,25,26,29). The normalized spacial score (nSPS) is 11.5. The number of carbonyl (C=O) groups is 1. The quantitative estimate of drug-likeness (QED) is 0.417. The molecule has 164 valence electrons. The molecule has 2 N–H and O–H groups in total. The molecule has 10 heteroatoms. The van der Waals surface area contributed by atoms with Gasteiger partial charge in [0.15, 0.2) is 0 Å². The van der Waals surface area contributed by atoms with Gasteiger partial charge in [-0.3, -0.25) is 14.8 Å². The molecule has 0 radical (unpaired) electrons. The number of benzene rings is 3. The molecule has 0 saturated heterocycles. The number of aromatic nitrogens is 2.